The van der Waals surface area contributed by atoms with Crippen LogP contribution in [0.4, 0.5) is 37.7 Å². The predicted octanol–water partition coefficient (Wildman–Crippen LogP) is 9.78. The Morgan fingerprint density at radius 1 is 0.733 bits per heavy atom. The molecule has 4 aromatic rings. The van der Waals surface area contributed by atoms with Crippen LogP contribution >= 0.6 is 34.8 Å². The van der Waals surface area contributed by atoms with Gasteiger partial charge in [-0.25, -0.2) is 9.97 Å². The highest BCUT2D eigenvalue weighted by Gasteiger charge is 2.34. The third-order valence-electron chi connectivity index (χ3n) is 5.15. The van der Waals surface area contributed by atoms with Gasteiger partial charge < -0.3 is 9.84 Å². The molecular formula is C26H17Cl3F6N4O6. The zero-order valence-electron chi connectivity index (χ0n) is 22.5. The molecule has 1 N–H and O–H groups in total. The van der Waals surface area contributed by atoms with E-state index in [1.54, 1.807) is 6.92 Å². The number of pyridine rings is 2. The Kier molecular flexibility index (Phi) is 12.3. The fourth-order valence-corrected chi connectivity index (χ4v) is 3.58. The van der Waals surface area contributed by atoms with Crippen molar-refractivity contribution in [1.82, 2.24) is 9.97 Å². The van der Waals surface area contributed by atoms with Gasteiger partial charge in [0.2, 0.25) is 5.88 Å². The van der Waals surface area contributed by atoms with E-state index in [1.807, 2.05) is 0 Å². The van der Waals surface area contributed by atoms with Crippen LogP contribution in [0.15, 0.2) is 60.9 Å². The molecule has 0 saturated heterocycles. The van der Waals surface area contributed by atoms with E-state index in [0.717, 1.165) is 36.7 Å². The van der Waals surface area contributed by atoms with Gasteiger partial charge in [0.05, 0.1) is 31.0 Å². The quantitative estimate of drug-likeness (QED) is 0.0959. The molecule has 0 aliphatic carbocycles. The number of aryl methyl sites for hydroxylation is 2. The van der Waals surface area contributed by atoms with E-state index >= 15 is 0 Å². The van der Waals surface area contributed by atoms with Crippen molar-refractivity contribution in [2.45, 2.75) is 26.2 Å². The summed E-state index contributed by atoms with van der Waals surface area (Å²) < 4.78 is 79.6. The molecule has 0 unspecified atom stereocenters. The minimum atomic E-state index is -4.62. The number of ether oxygens (including phenoxy) is 1. The molecule has 0 saturated carbocycles. The number of nitrogens with zero attached hydrogens (tertiary/aromatic N) is 4. The lowest BCUT2D eigenvalue weighted by Gasteiger charge is -2.12. The van der Waals surface area contributed by atoms with Gasteiger partial charge in [0, 0.05) is 17.7 Å². The average molecular weight is 702 g/mol. The fourth-order valence-electron chi connectivity index (χ4n) is 3.02. The molecule has 0 fully saturated rings. The number of phenols is 1. The summed E-state index contributed by atoms with van der Waals surface area (Å²) in [6.45, 7) is 3.16. The number of alkyl halides is 6. The molecule has 0 aliphatic rings. The number of halogens is 9. The summed E-state index contributed by atoms with van der Waals surface area (Å²) in [5.74, 6) is -0.603. The largest absolute Gasteiger partial charge is 0.508 e. The Morgan fingerprint density at radius 2 is 1.20 bits per heavy atom. The van der Waals surface area contributed by atoms with E-state index in [9.17, 15) is 46.6 Å². The Bertz CT molecular complexity index is 1710. The number of phenolic OH excluding ortho intramolecular Hbond substituents is 1. The molecule has 2 aromatic carbocycles. The van der Waals surface area contributed by atoms with Crippen LogP contribution in [0.25, 0.3) is 0 Å². The highest BCUT2D eigenvalue weighted by molar-refractivity contribution is 6.31. The molecule has 19 heteroatoms. The van der Waals surface area contributed by atoms with E-state index in [-0.39, 0.29) is 23.0 Å². The normalized spacial score (nSPS) is 11.0. The van der Waals surface area contributed by atoms with Gasteiger partial charge in [0.25, 0.3) is 11.4 Å². The van der Waals surface area contributed by atoms with Crippen molar-refractivity contribution in [2.24, 2.45) is 0 Å². The number of aromatic nitrogens is 2. The van der Waals surface area contributed by atoms with E-state index in [1.165, 1.54) is 25.1 Å². The van der Waals surface area contributed by atoms with Gasteiger partial charge in [0.1, 0.15) is 29.0 Å². The lowest BCUT2D eigenvalue weighted by Crippen LogP contribution is -2.06. The van der Waals surface area contributed by atoms with Crippen molar-refractivity contribution < 1.29 is 46.0 Å². The zero-order valence-corrected chi connectivity index (χ0v) is 24.7. The second-order valence-corrected chi connectivity index (χ2v) is 9.71. The van der Waals surface area contributed by atoms with Gasteiger partial charge >= 0.3 is 12.4 Å². The van der Waals surface area contributed by atoms with Crippen molar-refractivity contribution in [2.75, 3.05) is 0 Å². The lowest BCUT2D eigenvalue weighted by atomic mass is 10.2. The van der Waals surface area contributed by atoms with Crippen molar-refractivity contribution in [3.63, 3.8) is 0 Å². The Balaban J connectivity index is 0.000000259. The smallest absolute Gasteiger partial charge is 0.417 e. The molecule has 240 valence electrons. The van der Waals surface area contributed by atoms with E-state index < -0.39 is 49.1 Å². The van der Waals surface area contributed by atoms with E-state index in [0.29, 0.717) is 22.3 Å². The number of rotatable bonds is 4. The zero-order chi connectivity index (χ0) is 34.3. The number of benzene rings is 2. The van der Waals surface area contributed by atoms with Crippen LogP contribution in [0.5, 0.6) is 17.4 Å². The third-order valence-corrected chi connectivity index (χ3v) is 6.21. The standard InChI is InChI=1S/C13H8ClF3N2O3.C7H4ClF3O.C6H5ClN2O2/c1-7-4-8(19(20)21)6-18-12(7)22-9-2-3-11(14)10(5-9)13(15,16)17;8-6-2-1-4(12)3-5(6)7(9,10)11;1-4-2-5(9(10)11)3-8-6(4)7/h2-6H,1H3;1-3,12H;2-3H,1H3. The maximum Gasteiger partial charge on any atom is 0.417 e. The van der Waals surface area contributed by atoms with Gasteiger partial charge in [-0.1, -0.05) is 34.8 Å². The van der Waals surface area contributed by atoms with Gasteiger partial charge in [-0.05, 0) is 55.8 Å². The van der Waals surface area contributed by atoms with Gasteiger partial charge in [-0.2, -0.15) is 26.3 Å². The molecule has 2 aromatic heterocycles. The number of aromatic hydroxyl groups is 1. The molecule has 0 bridgehead atoms. The van der Waals surface area contributed by atoms with Crippen molar-refractivity contribution >= 4 is 46.2 Å². The monoisotopic (exact) mass is 700 g/mol. The van der Waals surface area contributed by atoms with E-state index in [2.05, 4.69) is 9.97 Å². The minimum absolute atomic E-state index is 0.0268. The van der Waals surface area contributed by atoms with Crippen molar-refractivity contribution in [1.29, 1.82) is 0 Å². The number of hydrogen-bond donors (Lipinski definition) is 1. The first-order chi connectivity index (χ1) is 20.7. The van der Waals surface area contributed by atoms with Crippen LogP contribution in [0.3, 0.4) is 0 Å². The molecule has 45 heavy (non-hydrogen) atoms. The van der Waals surface area contributed by atoms with Crippen LogP contribution in [0.1, 0.15) is 22.3 Å². The topological polar surface area (TPSA) is 142 Å². The average Bonchev–Trinajstić information content (AvgIpc) is 2.93. The molecule has 10 nitrogen and oxygen atoms in total. The summed E-state index contributed by atoms with van der Waals surface area (Å²) in [6.07, 6.45) is -7.04. The van der Waals surface area contributed by atoms with Crippen LogP contribution in [-0.4, -0.2) is 24.9 Å². The summed E-state index contributed by atoms with van der Waals surface area (Å²) in [6, 6.07) is 8.32. The molecular weight excluding hydrogens is 685 g/mol. The molecule has 0 spiro atoms. The van der Waals surface area contributed by atoms with Gasteiger partial charge in [-0.15, -0.1) is 0 Å². The van der Waals surface area contributed by atoms with Crippen LogP contribution in [-0.2, 0) is 12.4 Å². The SMILES string of the molecule is Cc1cc([N+](=O)[O-])cnc1Cl.Cc1cc([N+](=O)[O-])cnc1Oc1ccc(Cl)c(C(F)(F)F)c1.Oc1ccc(Cl)c(C(F)(F)F)c1. The van der Waals surface area contributed by atoms with Crippen LogP contribution in [0.2, 0.25) is 15.2 Å². The number of hydrogen-bond acceptors (Lipinski definition) is 8. The third kappa shape index (κ3) is 10.9. The molecule has 4 rings (SSSR count). The predicted molar refractivity (Wildman–Crippen MR) is 151 cm³/mol. The summed E-state index contributed by atoms with van der Waals surface area (Å²) >= 11 is 16.3. The molecule has 0 atom stereocenters. The van der Waals surface area contributed by atoms with Gasteiger partial charge in [-0.3, -0.25) is 20.2 Å². The number of nitro groups is 2. The highest BCUT2D eigenvalue weighted by Crippen LogP contribution is 2.38. The Labute approximate surface area is 264 Å². The molecule has 0 amide bonds. The maximum absolute atomic E-state index is 12.8. The highest BCUT2D eigenvalue weighted by atomic mass is 35.5. The van der Waals surface area contributed by atoms with Gasteiger partial charge in [0.15, 0.2) is 0 Å². The fraction of sp³-hybridized carbons (Fsp3) is 0.154. The molecule has 2 heterocycles. The second-order valence-electron chi connectivity index (χ2n) is 8.53. The second kappa shape index (κ2) is 15.0. The first kappa shape index (κ1) is 36.8. The van der Waals surface area contributed by atoms with Crippen molar-refractivity contribution in [3.8, 4) is 17.4 Å². The van der Waals surface area contributed by atoms with Crippen LogP contribution in [0, 0.1) is 34.1 Å². The lowest BCUT2D eigenvalue weighted by molar-refractivity contribution is -0.385. The summed E-state index contributed by atoms with van der Waals surface area (Å²) in [7, 11) is 0. The molecule has 0 aliphatic heterocycles. The van der Waals surface area contributed by atoms with Crippen molar-refractivity contribution in [3.05, 3.63) is 119 Å². The first-order valence-corrected chi connectivity index (χ1v) is 12.8. The summed E-state index contributed by atoms with van der Waals surface area (Å²) in [5, 5.41) is 29.0. The Hall–Kier alpha value is -4.41. The summed E-state index contributed by atoms with van der Waals surface area (Å²) in [4.78, 5) is 27.0. The first-order valence-electron chi connectivity index (χ1n) is 11.7. The van der Waals surface area contributed by atoms with E-state index in [4.69, 9.17) is 44.6 Å². The summed E-state index contributed by atoms with van der Waals surface area (Å²) in [5.41, 5.74) is -1.40. The minimum Gasteiger partial charge on any atom is -0.508 e. The maximum atomic E-state index is 12.8. The Morgan fingerprint density at radius 3 is 1.64 bits per heavy atom. The molecule has 0 radical (unpaired) electrons. The van der Waals surface area contributed by atoms with Crippen LogP contribution < -0.4 is 4.74 Å².